The highest BCUT2D eigenvalue weighted by atomic mass is 16.5. The second-order valence-corrected chi connectivity index (χ2v) is 13.6. The number of piperidine rings is 1. The summed E-state index contributed by atoms with van der Waals surface area (Å²) in [5, 5.41) is 3.60. The van der Waals surface area contributed by atoms with Gasteiger partial charge >= 0.3 is 6.09 Å². The quantitative estimate of drug-likeness (QED) is 0.222. The summed E-state index contributed by atoms with van der Waals surface area (Å²) in [6.45, 7) is 4.82. The third-order valence-corrected chi connectivity index (χ3v) is 10.4. The van der Waals surface area contributed by atoms with Crippen molar-refractivity contribution in [3.63, 3.8) is 0 Å². The second kappa shape index (κ2) is 11.4. The normalized spacial score (nSPS) is 20.6. The summed E-state index contributed by atoms with van der Waals surface area (Å²) in [5.74, 6) is 4.36. The highest BCUT2D eigenvalue weighted by Gasteiger charge is 2.39. The molecule has 242 valence electrons. The Morgan fingerprint density at radius 2 is 1.87 bits per heavy atom. The van der Waals surface area contributed by atoms with E-state index in [0.717, 1.165) is 64.5 Å². The van der Waals surface area contributed by atoms with Crippen LogP contribution in [0.5, 0.6) is 5.75 Å². The number of carbonyl (C=O) groups excluding carboxylic acids is 2. The molecule has 2 bridgehead atoms. The maximum Gasteiger partial charge on any atom is 0.412 e. The number of aromatic nitrogens is 5. The number of ether oxygens (including phenoxy) is 2. The van der Waals surface area contributed by atoms with Crippen molar-refractivity contribution < 1.29 is 19.1 Å². The Hall–Kier alpha value is -4.93. The van der Waals surface area contributed by atoms with Crippen molar-refractivity contribution in [3.05, 3.63) is 54.2 Å². The predicted molar refractivity (Wildman–Crippen MR) is 179 cm³/mol. The van der Waals surface area contributed by atoms with Crippen molar-refractivity contribution in [1.29, 1.82) is 0 Å². The molecule has 0 radical (unpaired) electrons. The molecule has 2 aliphatic carbocycles. The molecule has 47 heavy (non-hydrogen) atoms. The number of aryl methyl sites for hydroxylation is 1. The number of fused-ring (bicyclic) bond motifs is 4. The molecule has 5 heterocycles. The zero-order valence-corrected chi connectivity index (χ0v) is 27.2. The smallest absolute Gasteiger partial charge is 0.412 e. The van der Waals surface area contributed by atoms with Crippen LogP contribution in [0.1, 0.15) is 43.0 Å². The van der Waals surface area contributed by atoms with E-state index < -0.39 is 6.09 Å². The Bertz CT molecular complexity index is 2020. The zero-order chi connectivity index (χ0) is 32.4. The van der Waals surface area contributed by atoms with Crippen LogP contribution in [0.15, 0.2) is 48.7 Å². The zero-order valence-electron chi connectivity index (χ0n) is 27.2. The molecule has 2 amide bonds. The molecule has 8 rings (SSSR count). The topological polar surface area (TPSA) is 116 Å². The van der Waals surface area contributed by atoms with E-state index in [0.29, 0.717) is 40.8 Å². The molecule has 3 fully saturated rings. The Balaban J connectivity index is 1.17. The third kappa shape index (κ3) is 5.27. The summed E-state index contributed by atoms with van der Waals surface area (Å²) in [5.41, 5.74) is 5.69. The lowest BCUT2D eigenvalue weighted by Crippen LogP contribution is -2.41. The minimum Gasteiger partial charge on any atom is -0.494 e. The van der Waals surface area contributed by atoms with Crippen molar-refractivity contribution in [2.24, 2.45) is 30.7 Å². The number of hydrogen-bond donors (Lipinski definition) is 1. The summed E-state index contributed by atoms with van der Waals surface area (Å²) in [4.78, 5) is 42.1. The SMILES string of the molecule is COC(=O)Nc1ccc(-c2ccc3cc(-c4nc5cc(C(=O)N6CC7CC(C6)[C@@H](C)C7)cc(OC)c5n4C)n(CC4CC4)c3n2)cn1. The summed E-state index contributed by atoms with van der Waals surface area (Å²) in [7, 11) is 4.97. The first-order valence-corrected chi connectivity index (χ1v) is 16.5. The van der Waals surface area contributed by atoms with Crippen molar-refractivity contribution in [2.45, 2.75) is 39.2 Å². The summed E-state index contributed by atoms with van der Waals surface area (Å²) in [6, 6.07) is 13.6. The van der Waals surface area contributed by atoms with Crippen LogP contribution in [0.3, 0.4) is 0 Å². The maximum absolute atomic E-state index is 13.8. The number of anilines is 1. The van der Waals surface area contributed by atoms with E-state index in [1.54, 1.807) is 19.4 Å². The Kier molecular flexibility index (Phi) is 7.15. The van der Waals surface area contributed by atoms with Crippen molar-refractivity contribution in [2.75, 3.05) is 32.6 Å². The molecule has 0 spiro atoms. The molecule has 11 heteroatoms. The van der Waals surface area contributed by atoms with Gasteiger partial charge in [0.15, 0.2) is 5.82 Å². The number of methoxy groups -OCH3 is 2. The molecule has 2 saturated carbocycles. The van der Waals surface area contributed by atoms with Crippen LogP contribution in [-0.4, -0.2) is 68.3 Å². The van der Waals surface area contributed by atoms with E-state index in [-0.39, 0.29) is 5.91 Å². The number of pyridine rings is 2. The van der Waals surface area contributed by atoms with E-state index in [4.69, 9.17) is 14.7 Å². The molecule has 11 nitrogen and oxygen atoms in total. The summed E-state index contributed by atoms with van der Waals surface area (Å²) >= 11 is 0. The van der Waals surface area contributed by atoms with Crippen LogP contribution in [0.2, 0.25) is 0 Å². The van der Waals surface area contributed by atoms with Gasteiger partial charge in [-0.3, -0.25) is 10.1 Å². The number of rotatable bonds is 7. The Morgan fingerprint density at radius 3 is 2.60 bits per heavy atom. The lowest BCUT2D eigenvalue weighted by Gasteiger charge is -2.32. The standard InChI is InChI=1S/C36H39N7O4/c1-20-11-22-12-26(20)19-42(17-22)35(44)25-13-28-32(30(15-25)46-3)41(2)34(39-28)29-14-23-7-9-27(38-33(23)43(29)18-21-5-6-21)24-8-10-31(37-16-24)40-36(45)47-4/h7-10,13-16,20-22,26H,5-6,11-12,17-19H2,1-4H3,(H,37,40,45)/t20-,22?,26?/m0/s1. The second-order valence-electron chi connectivity index (χ2n) is 13.6. The molecule has 1 aromatic carbocycles. The Morgan fingerprint density at radius 1 is 1.02 bits per heavy atom. The van der Waals surface area contributed by atoms with Gasteiger partial charge in [0, 0.05) is 49.4 Å². The van der Waals surface area contributed by atoms with Gasteiger partial charge in [0.05, 0.1) is 31.1 Å². The highest BCUT2D eigenvalue weighted by molar-refractivity contribution is 6.00. The van der Waals surface area contributed by atoms with E-state index >= 15 is 0 Å². The van der Waals surface area contributed by atoms with Gasteiger partial charge in [-0.2, -0.15) is 0 Å². The first kappa shape index (κ1) is 29.5. The molecule has 5 aromatic rings. The number of benzene rings is 1. The lowest BCUT2D eigenvalue weighted by molar-refractivity contribution is 0.0653. The van der Waals surface area contributed by atoms with Gasteiger partial charge in [0.25, 0.3) is 5.91 Å². The molecule has 2 unspecified atom stereocenters. The van der Waals surface area contributed by atoms with Crippen LogP contribution in [0, 0.1) is 23.7 Å². The lowest BCUT2D eigenvalue weighted by atomic mass is 9.95. The fourth-order valence-corrected chi connectivity index (χ4v) is 7.71. The number of imidazole rings is 1. The van der Waals surface area contributed by atoms with E-state index in [1.165, 1.54) is 32.8 Å². The summed E-state index contributed by atoms with van der Waals surface area (Å²) < 4.78 is 14.9. The number of amides is 2. The first-order chi connectivity index (χ1) is 22.8. The van der Waals surface area contributed by atoms with Crippen LogP contribution in [-0.2, 0) is 18.3 Å². The van der Waals surface area contributed by atoms with Gasteiger partial charge < -0.3 is 23.5 Å². The molecular formula is C36H39N7O4. The van der Waals surface area contributed by atoms with Crippen molar-refractivity contribution >= 4 is 39.9 Å². The van der Waals surface area contributed by atoms with Crippen molar-refractivity contribution in [3.8, 4) is 28.5 Å². The fourth-order valence-electron chi connectivity index (χ4n) is 7.71. The monoisotopic (exact) mass is 633 g/mol. The number of nitrogens with one attached hydrogen (secondary N) is 1. The minimum atomic E-state index is -0.569. The molecule has 1 aliphatic heterocycles. The number of likely N-dealkylation sites (tertiary alicyclic amines) is 1. The van der Waals surface area contributed by atoms with E-state index in [9.17, 15) is 9.59 Å². The number of nitrogens with zero attached hydrogens (tertiary/aromatic N) is 6. The average molecular weight is 634 g/mol. The molecule has 4 aromatic heterocycles. The molecule has 3 atom stereocenters. The van der Waals surface area contributed by atoms with Gasteiger partial charge in [0.1, 0.15) is 22.7 Å². The van der Waals surface area contributed by atoms with E-state index in [2.05, 4.69) is 43.2 Å². The number of carbonyl (C=O) groups is 2. The fraction of sp³-hybridized carbons (Fsp3) is 0.417. The molecular weight excluding hydrogens is 594 g/mol. The average Bonchev–Trinajstić information content (AvgIpc) is 3.68. The predicted octanol–water partition coefficient (Wildman–Crippen LogP) is 6.37. The molecule has 1 N–H and O–H groups in total. The number of hydrogen-bond acceptors (Lipinski definition) is 7. The summed E-state index contributed by atoms with van der Waals surface area (Å²) in [6.07, 6.45) is 5.96. The van der Waals surface area contributed by atoms with Gasteiger partial charge in [-0.25, -0.2) is 19.7 Å². The van der Waals surface area contributed by atoms with Gasteiger partial charge in [-0.15, -0.1) is 0 Å². The van der Waals surface area contributed by atoms with Crippen LogP contribution >= 0.6 is 0 Å². The largest absolute Gasteiger partial charge is 0.494 e. The van der Waals surface area contributed by atoms with Crippen LogP contribution in [0.25, 0.3) is 44.8 Å². The van der Waals surface area contributed by atoms with Crippen LogP contribution < -0.4 is 10.1 Å². The Labute approximate surface area is 272 Å². The molecule has 1 saturated heterocycles. The third-order valence-electron chi connectivity index (χ3n) is 10.4. The van der Waals surface area contributed by atoms with Gasteiger partial charge in [0.2, 0.25) is 0 Å². The molecule has 3 aliphatic rings. The van der Waals surface area contributed by atoms with Gasteiger partial charge in [-0.05, 0) is 91.8 Å². The first-order valence-electron chi connectivity index (χ1n) is 16.5. The highest BCUT2D eigenvalue weighted by Crippen LogP contribution is 2.42. The van der Waals surface area contributed by atoms with E-state index in [1.807, 2.05) is 36.2 Å². The van der Waals surface area contributed by atoms with Crippen LogP contribution in [0.4, 0.5) is 10.6 Å². The van der Waals surface area contributed by atoms with Crippen molar-refractivity contribution in [1.82, 2.24) is 29.0 Å². The maximum atomic E-state index is 13.8. The van der Waals surface area contributed by atoms with Gasteiger partial charge in [-0.1, -0.05) is 6.92 Å². The minimum absolute atomic E-state index is 0.0596.